The lowest BCUT2D eigenvalue weighted by Gasteiger charge is -2.10. The van der Waals surface area contributed by atoms with Gasteiger partial charge < -0.3 is 19.7 Å². The first kappa shape index (κ1) is 22.2. The molecule has 0 aliphatic carbocycles. The molecule has 0 aliphatic heterocycles. The molecule has 168 valence electrons. The van der Waals surface area contributed by atoms with Crippen molar-refractivity contribution in [2.24, 2.45) is 0 Å². The molecule has 0 unspecified atom stereocenters. The molecule has 0 atom stereocenters. The van der Waals surface area contributed by atoms with Crippen molar-refractivity contribution in [2.75, 3.05) is 18.5 Å². The molecule has 2 N–H and O–H groups in total. The predicted octanol–water partition coefficient (Wildman–Crippen LogP) is 4.69. The van der Waals surface area contributed by atoms with Gasteiger partial charge in [0.05, 0.1) is 22.7 Å². The number of nitrogens with zero attached hydrogens (tertiary/aromatic N) is 4. The molecule has 0 aliphatic rings. The van der Waals surface area contributed by atoms with Crippen LogP contribution in [0.25, 0.3) is 21.5 Å². The molecular weight excluding hydrogens is 445 g/mol. The van der Waals surface area contributed by atoms with Crippen molar-refractivity contribution >= 4 is 34.0 Å². The largest absolute Gasteiger partial charge is 0.492 e. The standard InChI is InChI=1S/C23H20FN5O3S/c1-3-32-19-10-20(33-22(19)23(30)31)17-9-21(28-12-27-17)26-4-5-29-15(11-25)8-16-13(2)6-14(24)7-18(16)29/h6-10,12H,3-5H2,1-2H3,(H,30,31)(H,26,27,28). The zero-order chi connectivity index (χ0) is 23.5. The summed E-state index contributed by atoms with van der Waals surface area (Å²) in [5.74, 6) is -0.550. The number of fused-ring (bicyclic) bond motifs is 1. The fourth-order valence-corrected chi connectivity index (χ4v) is 4.53. The summed E-state index contributed by atoms with van der Waals surface area (Å²) >= 11 is 1.08. The zero-order valence-corrected chi connectivity index (χ0v) is 18.7. The molecule has 0 radical (unpaired) electrons. The van der Waals surface area contributed by atoms with Crippen molar-refractivity contribution in [2.45, 2.75) is 20.4 Å². The van der Waals surface area contributed by atoms with Crippen molar-refractivity contribution in [3.05, 3.63) is 58.6 Å². The summed E-state index contributed by atoms with van der Waals surface area (Å²) in [5.41, 5.74) is 2.45. The number of anilines is 1. The van der Waals surface area contributed by atoms with E-state index in [0.29, 0.717) is 53.0 Å². The lowest BCUT2D eigenvalue weighted by atomic mass is 10.1. The number of thiophene rings is 1. The van der Waals surface area contributed by atoms with E-state index >= 15 is 0 Å². The van der Waals surface area contributed by atoms with Gasteiger partial charge in [0.25, 0.3) is 0 Å². The molecule has 1 aromatic carbocycles. The van der Waals surface area contributed by atoms with Gasteiger partial charge in [-0.05, 0) is 37.6 Å². The van der Waals surface area contributed by atoms with Gasteiger partial charge in [-0.25, -0.2) is 19.2 Å². The average Bonchev–Trinajstić information content (AvgIpc) is 3.36. The number of hydrogen-bond donors (Lipinski definition) is 2. The summed E-state index contributed by atoms with van der Waals surface area (Å²) in [6, 6.07) is 10.2. The van der Waals surface area contributed by atoms with Gasteiger partial charge in [0.2, 0.25) is 0 Å². The van der Waals surface area contributed by atoms with Gasteiger partial charge in [-0.2, -0.15) is 5.26 Å². The minimum absolute atomic E-state index is 0.117. The number of rotatable bonds is 8. The van der Waals surface area contributed by atoms with Crippen LogP contribution in [0, 0.1) is 24.1 Å². The molecule has 8 nitrogen and oxygen atoms in total. The molecule has 4 rings (SSSR count). The molecule has 3 aromatic heterocycles. The smallest absolute Gasteiger partial charge is 0.349 e. The number of ether oxygens (including phenoxy) is 1. The van der Waals surface area contributed by atoms with Crippen LogP contribution in [0.1, 0.15) is 27.9 Å². The normalized spacial score (nSPS) is 10.8. The van der Waals surface area contributed by atoms with Crippen molar-refractivity contribution < 1.29 is 19.0 Å². The van der Waals surface area contributed by atoms with Crippen molar-refractivity contribution in [1.82, 2.24) is 14.5 Å². The van der Waals surface area contributed by atoms with Crippen molar-refractivity contribution in [3.8, 4) is 22.4 Å². The van der Waals surface area contributed by atoms with Crippen molar-refractivity contribution in [1.29, 1.82) is 5.26 Å². The monoisotopic (exact) mass is 465 g/mol. The fourth-order valence-electron chi connectivity index (χ4n) is 3.62. The Labute approximate surface area is 192 Å². The van der Waals surface area contributed by atoms with E-state index in [2.05, 4.69) is 21.4 Å². The summed E-state index contributed by atoms with van der Waals surface area (Å²) in [6.07, 6.45) is 1.39. The highest BCUT2D eigenvalue weighted by Gasteiger charge is 2.18. The second-order valence-corrected chi connectivity index (χ2v) is 8.26. The molecule has 0 fully saturated rings. The Balaban J connectivity index is 1.54. The van der Waals surface area contributed by atoms with Gasteiger partial charge in [0.15, 0.2) is 4.88 Å². The van der Waals surface area contributed by atoms with E-state index in [9.17, 15) is 19.6 Å². The fraction of sp³-hybridized carbons (Fsp3) is 0.217. The van der Waals surface area contributed by atoms with Gasteiger partial charge in [-0.15, -0.1) is 11.3 Å². The van der Waals surface area contributed by atoms with Crippen molar-refractivity contribution in [3.63, 3.8) is 0 Å². The SMILES string of the molecule is CCOc1cc(-c2cc(NCCn3c(C#N)cc4c(C)cc(F)cc43)ncn2)sc1C(=O)O. The third-order valence-corrected chi connectivity index (χ3v) is 6.19. The zero-order valence-electron chi connectivity index (χ0n) is 17.9. The Morgan fingerprint density at radius 1 is 1.30 bits per heavy atom. The van der Waals surface area contributed by atoms with Crippen LogP contribution in [0.4, 0.5) is 10.2 Å². The first-order valence-electron chi connectivity index (χ1n) is 10.2. The van der Waals surface area contributed by atoms with Gasteiger partial charge in [-0.1, -0.05) is 0 Å². The summed E-state index contributed by atoms with van der Waals surface area (Å²) in [7, 11) is 0. The average molecular weight is 466 g/mol. The lowest BCUT2D eigenvalue weighted by molar-refractivity contribution is 0.0698. The summed E-state index contributed by atoms with van der Waals surface area (Å²) < 4.78 is 21.1. The Morgan fingerprint density at radius 2 is 2.12 bits per heavy atom. The van der Waals surface area contributed by atoms with Gasteiger partial charge in [0, 0.05) is 30.6 Å². The Kier molecular flexibility index (Phi) is 6.24. The molecule has 3 heterocycles. The van der Waals surface area contributed by atoms with Gasteiger partial charge in [-0.3, -0.25) is 0 Å². The van der Waals surface area contributed by atoms with Crippen LogP contribution >= 0.6 is 11.3 Å². The van der Waals surface area contributed by atoms with E-state index in [0.717, 1.165) is 22.3 Å². The third-order valence-electron chi connectivity index (χ3n) is 5.06. The summed E-state index contributed by atoms with van der Waals surface area (Å²) in [5, 5.41) is 22.9. The number of nitriles is 1. The Hall–Kier alpha value is -3.97. The highest BCUT2D eigenvalue weighted by Crippen LogP contribution is 2.36. The quantitative estimate of drug-likeness (QED) is 0.388. The first-order chi connectivity index (χ1) is 15.9. The number of halogens is 1. The molecular formula is C23H20FN5O3S. The predicted molar refractivity (Wildman–Crippen MR) is 123 cm³/mol. The number of hydrogen-bond acceptors (Lipinski definition) is 7. The van der Waals surface area contributed by atoms with Crippen LogP contribution < -0.4 is 10.1 Å². The minimum atomic E-state index is -1.05. The number of carbonyl (C=O) groups is 1. The molecule has 0 saturated carbocycles. The molecule has 33 heavy (non-hydrogen) atoms. The summed E-state index contributed by atoms with van der Waals surface area (Å²) in [6.45, 7) is 4.81. The number of nitrogens with one attached hydrogen (secondary N) is 1. The number of aryl methyl sites for hydroxylation is 1. The molecule has 10 heteroatoms. The van der Waals surface area contributed by atoms with E-state index in [1.54, 1.807) is 29.7 Å². The van der Waals surface area contributed by atoms with E-state index in [4.69, 9.17) is 4.74 Å². The Morgan fingerprint density at radius 3 is 2.85 bits per heavy atom. The molecule has 0 amide bonds. The van der Waals surface area contributed by atoms with E-state index in [-0.39, 0.29) is 10.7 Å². The maximum atomic E-state index is 13.9. The second kappa shape index (κ2) is 9.26. The molecule has 0 saturated heterocycles. The third kappa shape index (κ3) is 4.49. The number of benzene rings is 1. The number of carboxylic acid groups (broad SMARTS) is 1. The number of aromatic carboxylic acids is 1. The van der Waals surface area contributed by atoms with Crippen LogP contribution in [0.5, 0.6) is 5.75 Å². The van der Waals surface area contributed by atoms with E-state index < -0.39 is 5.97 Å². The molecule has 4 aromatic rings. The maximum absolute atomic E-state index is 13.9. The lowest BCUT2D eigenvalue weighted by Crippen LogP contribution is -2.12. The molecule has 0 bridgehead atoms. The summed E-state index contributed by atoms with van der Waals surface area (Å²) in [4.78, 5) is 20.7. The highest BCUT2D eigenvalue weighted by atomic mass is 32.1. The molecule has 0 spiro atoms. The topological polar surface area (TPSA) is 113 Å². The van der Waals surface area contributed by atoms with E-state index in [1.165, 1.54) is 18.5 Å². The van der Waals surface area contributed by atoms with Crippen LogP contribution in [0.3, 0.4) is 0 Å². The van der Waals surface area contributed by atoms with Crippen LogP contribution in [-0.2, 0) is 6.54 Å². The number of aromatic nitrogens is 3. The van der Waals surface area contributed by atoms with E-state index in [1.807, 2.05) is 6.92 Å². The van der Waals surface area contributed by atoms with Gasteiger partial charge >= 0.3 is 5.97 Å². The first-order valence-corrected chi connectivity index (χ1v) is 11.0. The minimum Gasteiger partial charge on any atom is -0.492 e. The van der Waals surface area contributed by atoms with Crippen LogP contribution in [-0.4, -0.2) is 38.8 Å². The number of carboxylic acids is 1. The highest BCUT2D eigenvalue weighted by molar-refractivity contribution is 7.17. The Bertz CT molecular complexity index is 1390. The van der Waals surface area contributed by atoms with Crippen LogP contribution in [0.2, 0.25) is 0 Å². The van der Waals surface area contributed by atoms with Crippen LogP contribution in [0.15, 0.2) is 36.7 Å². The maximum Gasteiger partial charge on any atom is 0.349 e. The second-order valence-electron chi connectivity index (χ2n) is 7.21. The van der Waals surface area contributed by atoms with Gasteiger partial charge in [0.1, 0.15) is 35.5 Å².